The minimum Gasteiger partial charge on any atom is -0.313 e. The Labute approximate surface area is 133 Å². The van der Waals surface area contributed by atoms with E-state index in [1.807, 2.05) is 19.2 Å². The predicted octanol–water partition coefficient (Wildman–Crippen LogP) is 4.74. The maximum Gasteiger partial charge on any atom is 0.0734 e. The number of hydrogen-bond donors (Lipinski definition) is 1. The first-order valence-electron chi connectivity index (χ1n) is 7.65. The van der Waals surface area contributed by atoms with E-state index in [1.165, 1.54) is 5.56 Å². The van der Waals surface area contributed by atoms with Gasteiger partial charge in [-0.3, -0.25) is 0 Å². The first kappa shape index (κ1) is 16.0. The van der Waals surface area contributed by atoms with E-state index in [0.717, 1.165) is 17.7 Å². The summed E-state index contributed by atoms with van der Waals surface area (Å²) in [5, 5.41) is 4.52. The fourth-order valence-electron chi connectivity index (χ4n) is 2.46. The maximum atomic E-state index is 4.52. The van der Waals surface area contributed by atoms with Crippen molar-refractivity contribution >= 4 is 11.8 Å². The van der Waals surface area contributed by atoms with E-state index in [2.05, 4.69) is 85.1 Å². The lowest BCUT2D eigenvalue weighted by Crippen LogP contribution is -2.26. The predicted molar refractivity (Wildman–Crippen MR) is 95.9 cm³/mol. The zero-order chi connectivity index (χ0) is 15.8. The number of allylic oxidation sites excluding steroid dienone is 1. The molecule has 0 heterocycles. The number of hydrogen-bond acceptors (Lipinski definition) is 2. The van der Waals surface area contributed by atoms with Crippen LogP contribution in [0.25, 0.3) is 6.08 Å². The van der Waals surface area contributed by atoms with Gasteiger partial charge in [-0.1, -0.05) is 86.7 Å². The highest BCUT2D eigenvalue weighted by atomic mass is 15.3. The van der Waals surface area contributed by atoms with Gasteiger partial charge in [-0.25, -0.2) is 0 Å². The Bertz CT molecular complexity index is 625. The number of nitrogens with zero attached hydrogens (tertiary/aromatic N) is 1. The van der Waals surface area contributed by atoms with Crippen molar-refractivity contribution in [2.24, 2.45) is 10.5 Å². The van der Waals surface area contributed by atoms with Gasteiger partial charge in [0.15, 0.2) is 0 Å². The van der Waals surface area contributed by atoms with Gasteiger partial charge in [0.25, 0.3) is 0 Å². The second kappa shape index (κ2) is 7.60. The quantitative estimate of drug-likeness (QED) is 0.603. The van der Waals surface area contributed by atoms with Gasteiger partial charge in [-0.15, -0.1) is 0 Å². The van der Waals surface area contributed by atoms with Crippen LogP contribution in [0.4, 0.5) is 0 Å². The smallest absolute Gasteiger partial charge is 0.0734 e. The Hall–Kier alpha value is -2.35. The Morgan fingerprint density at radius 3 is 2.18 bits per heavy atom. The fraction of sp³-hybridized carbons (Fsp3) is 0.250. The van der Waals surface area contributed by atoms with Crippen LogP contribution in [-0.2, 0) is 0 Å². The van der Waals surface area contributed by atoms with E-state index in [-0.39, 0.29) is 5.41 Å². The molecule has 2 aromatic carbocycles. The highest BCUT2D eigenvalue weighted by Gasteiger charge is 2.25. The number of hydrazone groups is 1. The van der Waals surface area contributed by atoms with Crippen LogP contribution >= 0.6 is 0 Å². The highest BCUT2D eigenvalue weighted by molar-refractivity contribution is 6.04. The van der Waals surface area contributed by atoms with Gasteiger partial charge < -0.3 is 5.43 Å². The highest BCUT2D eigenvalue weighted by Crippen LogP contribution is 2.27. The maximum absolute atomic E-state index is 4.52. The van der Waals surface area contributed by atoms with Gasteiger partial charge in [0, 0.05) is 12.5 Å². The summed E-state index contributed by atoms with van der Waals surface area (Å²) in [5.74, 6) is 0. The minimum absolute atomic E-state index is 0.0460. The minimum atomic E-state index is -0.0460. The summed E-state index contributed by atoms with van der Waals surface area (Å²) >= 11 is 0. The summed E-state index contributed by atoms with van der Waals surface area (Å²) in [7, 11) is 1.85. The van der Waals surface area contributed by atoms with Crippen molar-refractivity contribution in [1.82, 2.24) is 5.43 Å². The third-order valence-electron chi connectivity index (χ3n) is 3.65. The molecule has 0 saturated heterocycles. The van der Waals surface area contributed by atoms with Crippen molar-refractivity contribution in [3.05, 3.63) is 77.9 Å². The lowest BCUT2D eigenvalue weighted by molar-refractivity contribution is 0.528. The summed E-state index contributed by atoms with van der Waals surface area (Å²) in [5.41, 5.74) is 6.36. The van der Waals surface area contributed by atoms with Crippen LogP contribution in [0.5, 0.6) is 0 Å². The van der Waals surface area contributed by atoms with Crippen LogP contribution in [0.3, 0.4) is 0 Å². The van der Waals surface area contributed by atoms with Crippen LogP contribution in [0.2, 0.25) is 0 Å². The Morgan fingerprint density at radius 2 is 1.59 bits per heavy atom. The largest absolute Gasteiger partial charge is 0.313 e. The molecule has 0 fully saturated rings. The molecule has 0 aliphatic carbocycles. The third kappa shape index (κ3) is 4.32. The molecule has 0 saturated carbocycles. The molecule has 0 atom stereocenters. The van der Waals surface area contributed by atoms with Gasteiger partial charge in [0.2, 0.25) is 0 Å². The molecular formula is C20H24N2. The first-order valence-corrected chi connectivity index (χ1v) is 7.65. The van der Waals surface area contributed by atoms with Gasteiger partial charge in [0.05, 0.1) is 5.71 Å². The molecule has 0 bridgehead atoms. The van der Waals surface area contributed by atoms with Gasteiger partial charge in [-0.05, 0) is 17.5 Å². The standard InChI is InChI=1S/C20H24N2/c1-20(2,16-10-13-17-11-6-4-7-12-17)19(22-21-3)18-14-8-5-9-15-18/h4-15,21H,16H2,1-3H3/b13-10+,22-19-. The Morgan fingerprint density at radius 1 is 1.00 bits per heavy atom. The van der Waals surface area contributed by atoms with E-state index < -0.39 is 0 Å². The molecule has 2 heteroatoms. The summed E-state index contributed by atoms with van der Waals surface area (Å²) in [6.07, 6.45) is 5.32. The SMILES string of the molecule is CN/N=C(/c1ccccc1)C(C)(C)C/C=C/c1ccccc1. The van der Waals surface area contributed by atoms with Gasteiger partial charge in [0.1, 0.15) is 0 Å². The number of nitrogens with one attached hydrogen (secondary N) is 1. The molecule has 0 aliphatic rings. The van der Waals surface area contributed by atoms with Gasteiger partial charge in [-0.2, -0.15) is 5.10 Å². The number of rotatable bonds is 6. The zero-order valence-corrected chi connectivity index (χ0v) is 13.6. The van der Waals surface area contributed by atoms with E-state index >= 15 is 0 Å². The van der Waals surface area contributed by atoms with Crippen molar-refractivity contribution in [3.63, 3.8) is 0 Å². The fourth-order valence-corrected chi connectivity index (χ4v) is 2.46. The van der Waals surface area contributed by atoms with Crippen molar-refractivity contribution in [3.8, 4) is 0 Å². The van der Waals surface area contributed by atoms with Crippen LogP contribution in [0.1, 0.15) is 31.4 Å². The van der Waals surface area contributed by atoms with E-state index in [9.17, 15) is 0 Å². The molecule has 114 valence electrons. The normalized spacial score (nSPS) is 12.6. The molecule has 0 amide bonds. The molecule has 2 rings (SSSR count). The first-order chi connectivity index (χ1) is 10.6. The molecule has 22 heavy (non-hydrogen) atoms. The van der Waals surface area contributed by atoms with Crippen molar-refractivity contribution in [2.45, 2.75) is 20.3 Å². The van der Waals surface area contributed by atoms with E-state index in [4.69, 9.17) is 0 Å². The molecule has 2 nitrogen and oxygen atoms in total. The molecular weight excluding hydrogens is 268 g/mol. The molecule has 0 aromatic heterocycles. The van der Waals surface area contributed by atoms with E-state index in [0.29, 0.717) is 0 Å². The van der Waals surface area contributed by atoms with Crippen LogP contribution < -0.4 is 5.43 Å². The van der Waals surface area contributed by atoms with Crippen LogP contribution in [0.15, 0.2) is 71.8 Å². The third-order valence-corrected chi connectivity index (χ3v) is 3.65. The van der Waals surface area contributed by atoms with Crippen molar-refractivity contribution in [1.29, 1.82) is 0 Å². The lowest BCUT2D eigenvalue weighted by atomic mass is 9.80. The van der Waals surface area contributed by atoms with Crippen molar-refractivity contribution < 1.29 is 0 Å². The van der Waals surface area contributed by atoms with Crippen molar-refractivity contribution in [2.75, 3.05) is 7.05 Å². The summed E-state index contributed by atoms with van der Waals surface area (Å²) in [6.45, 7) is 4.46. The summed E-state index contributed by atoms with van der Waals surface area (Å²) < 4.78 is 0. The number of benzene rings is 2. The molecule has 0 radical (unpaired) electrons. The monoisotopic (exact) mass is 292 g/mol. The topological polar surface area (TPSA) is 24.4 Å². The molecule has 1 N–H and O–H groups in total. The Kier molecular flexibility index (Phi) is 5.54. The molecule has 0 unspecified atom stereocenters. The van der Waals surface area contributed by atoms with E-state index in [1.54, 1.807) is 0 Å². The second-order valence-electron chi connectivity index (χ2n) is 5.95. The molecule has 2 aromatic rings. The summed E-state index contributed by atoms with van der Waals surface area (Å²) in [6, 6.07) is 20.7. The van der Waals surface area contributed by atoms with Crippen LogP contribution in [-0.4, -0.2) is 12.8 Å². The average molecular weight is 292 g/mol. The second-order valence-corrected chi connectivity index (χ2v) is 5.95. The lowest BCUT2D eigenvalue weighted by Gasteiger charge is -2.25. The van der Waals surface area contributed by atoms with Crippen LogP contribution in [0, 0.1) is 5.41 Å². The molecule has 0 spiro atoms. The Balaban J connectivity index is 2.16. The summed E-state index contributed by atoms with van der Waals surface area (Å²) in [4.78, 5) is 0. The zero-order valence-electron chi connectivity index (χ0n) is 13.6. The van der Waals surface area contributed by atoms with Gasteiger partial charge >= 0.3 is 0 Å². The average Bonchev–Trinajstić information content (AvgIpc) is 2.54. The molecule has 0 aliphatic heterocycles.